The molecular formula is C21H42O4S. The molecule has 5 heteroatoms. The zero-order valence-electron chi connectivity index (χ0n) is 18.8. The third kappa shape index (κ3) is 10.8. The average Bonchev–Trinajstić information content (AvgIpc) is 2.65. The highest BCUT2D eigenvalue weighted by Crippen LogP contribution is 2.57. The van der Waals surface area contributed by atoms with E-state index in [-0.39, 0.29) is 0 Å². The van der Waals surface area contributed by atoms with Crippen LogP contribution < -0.4 is 4.18 Å². The lowest BCUT2D eigenvalue weighted by atomic mass is 10.2. The van der Waals surface area contributed by atoms with Crippen molar-refractivity contribution in [2.75, 3.05) is 14.2 Å². The Labute approximate surface area is 164 Å². The van der Waals surface area contributed by atoms with Gasteiger partial charge in [-0.1, -0.05) is 39.8 Å². The maximum absolute atomic E-state index is 8.81. The van der Waals surface area contributed by atoms with E-state index in [0.29, 0.717) is 17.1 Å². The quantitative estimate of drug-likeness (QED) is 0.494. The Morgan fingerprint density at radius 1 is 0.923 bits per heavy atom. The molecule has 0 fully saturated rings. The summed E-state index contributed by atoms with van der Waals surface area (Å²) in [6.45, 7) is 18.7. The Bertz CT molecular complexity index is 409. The smallest absolute Gasteiger partial charge is 0.150 e. The van der Waals surface area contributed by atoms with Gasteiger partial charge in [-0.3, -0.25) is 4.18 Å². The highest BCUT2D eigenvalue weighted by atomic mass is 32.3. The van der Waals surface area contributed by atoms with E-state index in [2.05, 4.69) is 27.7 Å². The molecule has 0 saturated heterocycles. The summed E-state index contributed by atoms with van der Waals surface area (Å²) in [4.78, 5) is 8.81. The molecule has 156 valence electrons. The van der Waals surface area contributed by atoms with E-state index >= 15 is 0 Å². The van der Waals surface area contributed by atoms with Crippen molar-refractivity contribution in [3.8, 4) is 5.75 Å². The monoisotopic (exact) mass is 390 g/mol. The van der Waals surface area contributed by atoms with Crippen LogP contribution in [0.1, 0.15) is 67.9 Å². The standard InChI is InChI=1S/C15H26O3S.C2H4O.2C2H6/c1-12(2)19(17-6,13(3)4)18-15-9-7-14(8-10-15)11-16-5;1-2-3;2*1-2/h7-10,12-13H,11H2,1-6H3;2H,1H3;2*1-2H3. The van der Waals surface area contributed by atoms with Gasteiger partial charge in [0.2, 0.25) is 0 Å². The van der Waals surface area contributed by atoms with E-state index in [1.807, 2.05) is 52.0 Å². The van der Waals surface area contributed by atoms with E-state index in [4.69, 9.17) is 17.9 Å². The van der Waals surface area contributed by atoms with E-state index in [0.717, 1.165) is 17.6 Å². The van der Waals surface area contributed by atoms with Gasteiger partial charge in [0.05, 0.1) is 24.2 Å². The van der Waals surface area contributed by atoms with Crippen LogP contribution in [0.4, 0.5) is 0 Å². The maximum atomic E-state index is 8.81. The van der Waals surface area contributed by atoms with Crippen LogP contribution in [0, 0.1) is 0 Å². The molecule has 4 nitrogen and oxygen atoms in total. The predicted octanol–water partition coefficient (Wildman–Crippen LogP) is 6.57. The summed E-state index contributed by atoms with van der Waals surface area (Å²) in [5.74, 6) is 0.860. The zero-order chi connectivity index (χ0) is 21.2. The molecule has 0 aliphatic heterocycles. The fourth-order valence-electron chi connectivity index (χ4n) is 2.11. The van der Waals surface area contributed by atoms with E-state index < -0.39 is 10.6 Å². The zero-order valence-corrected chi connectivity index (χ0v) is 19.6. The van der Waals surface area contributed by atoms with Crippen LogP contribution in [-0.4, -0.2) is 31.0 Å². The van der Waals surface area contributed by atoms with Crippen molar-refractivity contribution in [1.82, 2.24) is 0 Å². The highest BCUT2D eigenvalue weighted by molar-refractivity contribution is 8.27. The molecule has 1 rings (SSSR count). The molecule has 0 aliphatic rings. The molecule has 0 atom stereocenters. The molecular weight excluding hydrogens is 348 g/mol. The molecule has 0 saturated carbocycles. The lowest BCUT2D eigenvalue weighted by Gasteiger charge is -2.49. The first-order chi connectivity index (χ1) is 12.4. The van der Waals surface area contributed by atoms with Crippen LogP contribution in [0.3, 0.4) is 0 Å². The first kappa shape index (κ1) is 29.7. The van der Waals surface area contributed by atoms with Crippen LogP contribution in [0.15, 0.2) is 24.3 Å². The van der Waals surface area contributed by atoms with Crippen LogP contribution in [0.5, 0.6) is 5.75 Å². The van der Waals surface area contributed by atoms with Crippen LogP contribution in [0.2, 0.25) is 0 Å². The van der Waals surface area contributed by atoms with Crippen molar-refractivity contribution >= 4 is 16.9 Å². The summed E-state index contributed by atoms with van der Waals surface area (Å²) in [6, 6.07) is 8.03. The fourth-order valence-corrected chi connectivity index (χ4v) is 4.84. The van der Waals surface area contributed by atoms with Gasteiger partial charge in [-0.2, -0.15) is 0 Å². The van der Waals surface area contributed by atoms with Crippen molar-refractivity contribution in [2.45, 2.75) is 79.4 Å². The number of hydrogen-bond acceptors (Lipinski definition) is 4. The van der Waals surface area contributed by atoms with Gasteiger partial charge < -0.3 is 13.7 Å². The summed E-state index contributed by atoms with van der Waals surface area (Å²) in [7, 11) is 1.86. The van der Waals surface area contributed by atoms with E-state index in [9.17, 15) is 0 Å². The third-order valence-corrected chi connectivity index (χ3v) is 6.64. The van der Waals surface area contributed by atoms with Crippen LogP contribution >= 0.6 is 10.6 Å². The molecule has 1 aromatic rings. The minimum atomic E-state index is -1.58. The van der Waals surface area contributed by atoms with Gasteiger partial charge in [-0.25, -0.2) is 0 Å². The topological polar surface area (TPSA) is 44.8 Å². The Kier molecular flexibility index (Phi) is 21.4. The number of ether oxygens (including phenoxy) is 1. The molecule has 26 heavy (non-hydrogen) atoms. The Morgan fingerprint density at radius 2 is 1.31 bits per heavy atom. The molecule has 0 N–H and O–H groups in total. The van der Waals surface area contributed by atoms with Gasteiger partial charge in [-0.15, -0.1) is 10.6 Å². The van der Waals surface area contributed by atoms with Crippen LogP contribution in [-0.2, 0) is 20.3 Å². The average molecular weight is 391 g/mol. The number of carbonyl (C=O) groups is 1. The van der Waals surface area contributed by atoms with Gasteiger partial charge in [0.1, 0.15) is 6.29 Å². The Hall–Kier alpha value is -1.04. The largest absolute Gasteiger partial charge is 0.392 e. The van der Waals surface area contributed by atoms with Gasteiger partial charge in [0, 0.05) is 7.11 Å². The van der Waals surface area contributed by atoms with E-state index in [1.165, 1.54) is 6.92 Å². The molecule has 0 radical (unpaired) electrons. The summed E-state index contributed by atoms with van der Waals surface area (Å²) >= 11 is 0. The second kappa shape index (κ2) is 18.7. The molecule has 0 aliphatic carbocycles. The molecule has 0 spiro atoms. The maximum Gasteiger partial charge on any atom is 0.150 e. The van der Waals surface area contributed by atoms with Crippen molar-refractivity contribution < 1.29 is 17.9 Å². The van der Waals surface area contributed by atoms with Crippen molar-refractivity contribution in [3.05, 3.63) is 29.8 Å². The van der Waals surface area contributed by atoms with Gasteiger partial charge in [0.25, 0.3) is 0 Å². The predicted molar refractivity (Wildman–Crippen MR) is 117 cm³/mol. The molecule has 0 bridgehead atoms. The minimum absolute atomic E-state index is 0.344. The number of methoxy groups -OCH3 is 1. The second-order valence-electron chi connectivity index (χ2n) is 5.25. The first-order valence-electron chi connectivity index (χ1n) is 9.41. The van der Waals surface area contributed by atoms with Gasteiger partial charge >= 0.3 is 0 Å². The minimum Gasteiger partial charge on any atom is -0.392 e. The second-order valence-corrected chi connectivity index (χ2v) is 8.81. The Morgan fingerprint density at radius 3 is 1.58 bits per heavy atom. The first-order valence-corrected chi connectivity index (χ1v) is 11.0. The SMILES string of the molecule is CC.CC.CC=O.COCc1ccc(OS(OC)(C(C)C)C(C)C)cc1. The van der Waals surface area contributed by atoms with Crippen LogP contribution in [0.25, 0.3) is 0 Å². The molecule has 1 aromatic carbocycles. The summed E-state index contributed by atoms with van der Waals surface area (Å²) in [5.41, 5.74) is 1.14. The third-order valence-electron chi connectivity index (χ3n) is 3.04. The number of hydrogen-bond donors (Lipinski definition) is 0. The summed E-state index contributed by atoms with van der Waals surface area (Å²) in [6.07, 6.45) is 0.750. The molecule has 0 amide bonds. The van der Waals surface area contributed by atoms with Gasteiger partial charge in [0.15, 0.2) is 5.75 Å². The van der Waals surface area contributed by atoms with E-state index in [1.54, 1.807) is 14.2 Å². The molecule has 0 heterocycles. The summed E-state index contributed by atoms with van der Waals surface area (Å²) in [5, 5.41) is 0.687. The number of aldehydes is 1. The van der Waals surface area contributed by atoms with Crippen molar-refractivity contribution in [2.24, 2.45) is 0 Å². The summed E-state index contributed by atoms with van der Waals surface area (Å²) < 4.78 is 17.1. The number of rotatable bonds is 7. The van der Waals surface area contributed by atoms with Crippen molar-refractivity contribution in [3.63, 3.8) is 0 Å². The van der Waals surface area contributed by atoms with Gasteiger partial charge in [-0.05, 0) is 52.3 Å². The highest BCUT2D eigenvalue weighted by Gasteiger charge is 2.29. The number of carbonyl (C=O) groups excluding carboxylic acids is 1. The Balaban J connectivity index is -0.000000663. The number of benzene rings is 1. The normalized spacial score (nSPS) is 10.5. The van der Waals surface area contributed by atoms with Crippen molar-refractivity contribution in [1.29, 1.82) is 0 Å². The fraction of sp³-hybridized carbons (Fsp3) is 0.667. The lowest BCUT2D eigenvalue weighted by molar-refractivity contribution is -0.106. The molecule has 0 unspecified atom stereocenters. The lowest BCUT2D eigenvalue weighted by Crippen LogP contribution is -2.27. The molecule has 0 aromatic heterocycles.